The molecule has 252 valence electrons. The van der Waals surface area contributed by atoms with Crippen LogP contribution < -0.4 is 0 Å². The van der Waals surface area contributed by atoms with E-state index in [4.69, 9.17) is 19.9 Å². The van der Waals surface area contributed by atoms with Crippen molar-refractivity contribution >= 4 is 32.3 Å². The Morgan fingerprint density at radius 3 is 1.31 bits per heavy atom. The molecule has 10 aromatic rings. The number of aromatic nitrogens is 4. The van der Waals surface area contributed by atoms with Crippen molar-refractivity contribution in [3.05, 3.63) is 194 Å². The van der Waals surface area contributed by atoms with Crippen LogP contribution in [0.3, 0.4) is 0 Å². The molecule has 0 saturated heterocycles. The minimum absolute atomic E-state index is 0.620. The summed E-state index contributed by atoms with van der Waals surface area (Å²) in [5.41, 5.74) is 9.03. The Morgan fingerprint density at radius 1 is 0.241 bits per heavy atom. The van der Waals surface area contributed by atoms with Crippen LogP contribution in [0, 0.1) is 0 Å². The van der Waals surface area contributed by atoms with Gasteiger partial charge in [0.1, 0.15) is 0 Å². The first-order valence-electron chi connectivity index (χ1n) is 18.1. The highest BCUT2D eigenvalue weighted by atomic mass is 15.0. The number of rotatable bonds is 6. The topological polar surface area (TPSA) is 51.6 Å². The van der Waals surface area contributed by atoms with Gasteiger partial charge >= 0.3 is 0 Å². The number of hydrogen-bond acceptors (Lipinski definition) is 4. The van der Waals surface area contributed by atoms with Gasteiger partial charge in [0.05, 0.1) is 11.4 Å². The van der Waals surface area contributed by atoms with Gasteiger partial charge in [0.15, 0.2) is 17.5 Å². The molecule has 0 bridgehead atoms. The van der Waals surface area contributed by atoms with Gasteiger partial charge in [0.2, 0.25) is 0 Å². The van der Waals surface area contributed by atoms with Crippen LogP contribution in [0.1, 0.15) is 0 Å². The third kappa shape index (κ3) is 5.86. The largest absolute Gasteiger partial charge is 0.248 e. The van der Waals surface area contributed by atoms with E-state index in [2.05, 4.69) is 182 Å². The molecule has 0 unspecified atom stereocenters. The number of hydrogen-bond donors (Lipinski definition) is 0. The van der Waals surface area contributed by atoms with E-state index in [0.29, 0.717) is 17.5 Å². The predicted molar refractivity (Wildman–Crippen MR) is 223 cm³/mol. The van der Waals surface area contributed by atoms with Crippen molar-refractivity contribution < 1.29 is 0 Å². The van der Waals surface area contributed by atoms with Crippen LogP contribution in [0.5, 0.6) is 0 Å². The molecule has 0 radical (unpaired) electrons. The molecule has 2 heterocycles. The van der Waals surface area contributed by atoms with Crippen molar-refractivity contribution in [3.8, 4) is 67.8 Å². The van der Waals surface area contributed by atoms with E-state index in [1.807, 2.05) is 12.1 Å². The molecule has 10 rings (SSSR count). The summed E-state index contributed by atoms with van der Waals surface area (Å²) in [4.78, 5) is 20.8. The van der Waals surface area contributed by atoms with Gasteiger partial charge in [-0.05, 0) is 73.8 Å². The smallest absolute Gasteiger partial charge is 0.164 e. The van der Waals surface area contributed by atoms with Crippen LogP contribution >= 0.6 is 0 Å². The number of nitrogens with zero attached hydrogens (tertiary/aromatic N) is 4. The minimum atomic E-state index is 0.620. The first-order chi connectivity index (χ1) is 26.7. The zero-order valence-electron chi connectivity index (χ0n) is 29.3. The second-order valence-corrected chi connectivity index (χ2v) is 13.5. The average Bonchev–Trinajstić information content (AvgIpc) is 3.26. The maximum absolute atomic E-state index is 5.27. The third-order valence-electron chi connectivity index (χ3n) is 10.1. The molecular weight excluding hydrogens is 657 g/mol. The molecule has 0 atom stereocenters. The zero-order chi connectivity index (χ0) is 35.8. The van der Waals surface area contributed by atoms with Crippen molar-refractivity contribution in [2.24, 2.45) is 0 Å². The summed E-state index contributed by atoms with van der Waals surface area (Å²) in [7, 11) is 0. The lowest BCUT2D eigenvalue weighted by atomic mass is 9.94. The highest BCUT2D eigenvalue weighted by molar-refractivity contribution is 6.04. The zero-order valence-corrected chi connectivity index (χ0v) is 29.3. The van der Waals surface area contributed by atoms with Gasteiger partial charge in [-0.15, -0.1) is 0 Å². The SMILES string of the molecule is c1ccc(-c2cc(-c3ccccc3)nc(-c3ccc(-c4nc(-c5ccc6ccccc6c5)nc(-c5ccc6ccccc6c5)n4)c4ccccc34)c2)cc1. The fourth-order valence-corrected chi connectivity index (χ4v) is 7.35. The Balaban J connectivity index is 1.17. The third-order valence-corrected chi connectivity index (χ3v) is 10.1. The average molecular weight is 689 g/mol. The number of fused-ring (bicyclic) bond motifs is 3. The van der Waals surface area contributed by atoms with E-state index in [1.54, 1.807) is 0 Å². The Hall–Kier alpha value is -7.30. The predicted octanol–water partition coefficient (Wildman–Crippen LogP) is 12.7. The maximum atomic E-state index is 5.27. The minimum Gasteiger partial charge on any atom is -0.248 e. The molecule has 0 fully saturated rings. The lowest BCUT2D eigenvalue weighted by Crippen LogP contribution is -2.01. The highest BCUT2D eigenvalue weighted by Crippen LogP contribution is 2.38. The Morgan fingerprint density at radius 2 is 0.704 bits per heavy atom. The normalized spacial score (nSPS) is 11.3. The first-order valence-corrected chi connectivity index (χ1v) is 18.1. The summed E-state index contributed by atoms with van der Waals surface area (Å²) in [5, 5.41) is 6.74. The quantitative estimate of drug-likeness (QED) is 0.174. The second-order valence-electron chi connectivity index (χ2n) is 13.5. The van der Waals surface area contributed by atoms with Crippen LogP contribution in [-0.4, -0.2) is 19.9 Å². The van der Waals surface area contributed by atoms with Crippen LogP contribution in [0.25, 0.3) is 100 Å². The summed E-state index contributed by atoms with van der Waals surface area (Å²) in [6.45, 7) is 0. The fourth-order valence-electron chi connectivity index (χ4n) is 7.35. The maximum Gasteiger partial charge on any atom is 0.164 e. The summed E-state index contributed by atoms with van der Waals surface area (Å²) in [5.74, 6) is 1.88. The lowest BCUT2D eigenvalue weighted by Gasteiger charge is -2.15. The fraction of sp³-hybridized carbons (Fsp3) is 0. The van der Waals surface area contributed by atoms with E-state index in [-0.39, 0.29) is 0 Å². The summed E-state index contributed by atoms with van der Waals surface area (Å²) >= 11 is 0. The number of benzene rings is 8. The molecule has 0 amide bonds. The molecule has 0 aliphatic carbocycles. The standard InChI is InChI=1S/C50H32N4/c1-3-13-33(14-4-1)41-31-46(36-17-5-2-6-18-36)51-47(32-41)44-27-28-45(43-22-12-11-21-42(43)44)50-53-48(39-25-23-34-15-7-9-19-37(34)29-39)52-49(54-50)40-26-24-35-16-8-10-20-38(35)30-40/h1-32H. The van der Waals surface area contributed by atoms with Gasteiger partial charge in [-0.2, -0.15) is 0 Å². The van der Waals surface area contributed by atoms with Crippen LogP contribution in [0.15, 0.2) is 194 Å². The van der Waals surface area contributed by atoms with Crippen molar-refractivity contribution in [3.63, 3.8) is 0 Å². The Labute approximate surface area is 313 Å². The van der Waals surface area contributed by atoms with E-state index in [1.165, 1.54) is 10.8 Å². The molecule has 4 nitrogen and oxygen atoms in total. The highest BCUT2D eigenvalue weighted by Gasteiger charge is 2.18. The molecule has 8 aromatic carbocycles. The molecule has 0 N–H and O–H groups in total. The Kier molecular flexibility index (Phi) is 7.77. The van der Waals surface area contributed by atoms with Crippen LogP contribution in [-0.2, 0) is 0 Å². The van der Waals surface area contributed by atoms with E-state index in [0.717, 1.165) is 71.9 Å². The van der Waals surface area contributed by atoms with Gasteiger partial charge < -0.3 is 0 Å². The van der Waals surface area contributed by atoms with Crippen LogP contribution in [0.2, 0.25) is 0 Å². The summed E-state index contributed by atoms with van der Waals surface area (Å²) in [6.07, 6.45) is 0. The van der Waals surface area contributed by atoms with Crippen molar-refractivity contribution in [1.29, 1.82) is 0 Å². The lowest BCUT2D eigenvalue weighted by molar-refractivity contribution is 1.08. The van der Waals surface area contributed by atoms with Crippen LogP contribution in [0.4, 0.5) is 0 Å². The molecule has 0 aliphatic rings. The molecular formula is C50H32N4. The number of pyridine rings is 1. The van der Waals surface area contributed by atoms with Gasteiger partial charge in [0, 0.05) is 27.8 Å². The molecule has 0 spiro atoms. The Bertz CT molecular complexity index is 2840. The monoisotopic (exact) mass is 688 g/mol. The van der Waals surface area contributed by atoms with E-state index in [9.17, 15) is 0 Å². The molecule has 2 aromatic heterocycles. The van der Waals surface area contributed by atoms with Gasteiger partial charge in [-0.3, -0.25) is 0 Å². The van der Waals surface area contributed by atoms with E-state index >= 15 is 0 Å². The molecule has 0 aliphatic heterocycles. The second kappa shape index (κ2) is 13.4. The van der Waals surface area contributed by atoms with Crippen molar-refractivity contribution in [1.82, 2.24) is 19.9 Å². The van der Waals surface area contributed by atoms with Gasteiger partial charge in [-0.1, -0.05) is 164 Å². The van der Waals surface area contributed by atoms with Crippen molar-refractivity contribution in [2.75, 3.05) is 0 Å². The first kappa shape index (κ1) is 31.4. The molecule has 4 heteroatoms. The molecule has 0 saturated carbocycles. The van der Waals surface area contributed by atoms with Gasteiger partial charge in [-0.25, -0.2) is 19.9 Å². The molecule has 54 heavy (non-hydrogen) atoms. The van der Waals surface area contributed by atoms with E-state index < -0.39 is 0 Å². The summed E-state index contributed by atoms with van der Waals surface area (Å²) < 4.78 is 0. The summed E-state index contributed by atoms with van der Waals surface area (Å²) in [6, 6.07) is 67.6. The van der Waals surface area contributed by atoms with Crippen molar-refractivity contribution in [2.45, 2.75) is 0 Å². The van der Waals surface area contributed by atoms with Gasteiger partial charge in [0.25, 0.3) is 0 Å².